The monoisotopic (exact) mass is 379 g/mol. The first-order valence-corrected chi connectivity index (χ1v) is 8.84. The third-order valence-electron chi connectivity index (χ3n) is 4.40. The fourth-order valence-electron chi connectivity index (χ4n) is 2.84. The first kappa shape index (κ1) is 19.4. The van der Waals surface area contributed by atoms with Gasteiger partial charge < -0.3 is 15.4 Å². The van der Waals surface area contributed by atoms with Crippen molar-refractivity contribution in [3.63, 3.8) is 0 Å². The SMILES string of the molecule is COc1ccc(NC(=O)c2cc(C)ccc2Nc2ccc(F)cc2C)c(C)n1. The van der Waals surface area contributed by atoms with Gasteiger partial charge in [-0.05, 0) is 62.7 Å². The molecule has 0 spiro atoms. The summed E-state index contributed by atoms with van der Waals surface area (Å²) >= 11 is 0. The minimum absolute atomic E-state index is 0.263. The quantitative estimate of drug-likeness (QED) is 0.643. The Kier molecular flexibility index (Phi) is 5.59. The zero-order chi connectivity index (χ0) is 20.3. The smallest absolute Gasteiger partial charge is 0.257 e. The van der Waals surface area contributed by atoms with Crippen LogP contribution in [-0.4, -0.2) is 18.0 Å². The van der Waals surface area contributed by atoms with Gasteiger partial charge in [0.15, 0.2) is 0 Å². The molecule has 0 bridgehead atoms. The molecule has 2 aromatic carbocycles. The van der Waals surface area contributed by atoms with Gasteiger partial charge in [-0.3, -0.25) is 4.79 Å². The molecule has 0 unspecified atom stereocenters. The van der Waals surface area contributed by atoms with E-state index in [9.17, 15) is 9.18 Å². The molecule has 0 aliphatic rings. The van der Waals surface area contributed by atoms with Gasteiger partial charge in [-0.1, -0.05) is 11.6 Å². The van der Waals surface area contributed by atoms with Crippen LogP contribution in [0, 0.1) is 26.6 Å². The minimum atomic E-state index is -0.299. The van der Waals surface area contributed by atoms with E-state index in [4.69, 9.17) is 4.74 Å². The lowest BCUT2D eigenvalue weighted by Gasteiger charge is -2.15. The van der Waals surface area contributed by atoms with Crippen molar-refractivity contribution < 1.29 is 13.9 Å². The van der Waals surface area contributed by atoms with Crippen LogP contribution in [0.1, 0.15) is 27.2 Å². The molecule has 0 aliphatic heterocycles. The summed E-state index contributed by atoms with van der Waals surface area (Å²) in [6, 6.07) is 13.5. The molecule has 0 radical (unpaired) electrons. The average molecular weight is 379 g/mol. The molecule has 144 valence electrons. The maximum absolute atomic E-state index is 13.4. The minimum Gasteiger partial charge on any atom is -0.481 e. The molecular weight excluding hydrogens is 357 g/mol. The van der Waals surface area contributed by atoms with E-state index >= 15 is 0 Å². The highest BCUT2D eigenvalue weighted by molar-refractivity contribution is 6.08. The Bertz CT molecular complexity index is 1030. The number of pyridine rings is 1. The van der Waals surface area contributed by atoms with E-state index in [0.717, 1.165) is 16.8 Å². The highest BCUT2D eigenvalue weighted by Gasteiger charge is 2.15. The molecule has 5 nitrogen and oxygen atoms in total. The Morgan fingerprint density at radius 1 is 0.964 bits per heavy atom. The number of hydrogen-bond donors (Lipinski definition) is 2. The number of aryl methyl sites for hydroxylation is 3. The molecule has 1 aromatic heterocycles. The van der Waals surface area contributed by atoms with Gasteiger partial charge in [0.2, 0.25) is 5.88 Å². The molecule has 0 aliphatic carbocycles. The van der Waals surface area contributed by atoms with Crippen molar-refractivity contribution in [3.8, 4) is 5.88 Å². The van der Waals surface area contributed by atoms with Crippen LogP contribution in [0.4, 0.5) is 21.5 Å². The molecule has 28 heavy (non-hydrogen) atoms. The van der Waals surface area contributed by atoms with E-state index in [1.807, 2.05) is 32.0 Å². The number of aromatic nitrogens is 1. The number of benzene rings is 2. The zero-order valence-electron chi connectivity index (χ0n) is 16.3. The van der Waals surface area contributed by atoms with Crippen molar-refractivity contribution in [1.82, 2.24) is 4.98 Å². The fraction of sp³-hybridized carbons (Fsp3) is 0.182. The lowest BCUT2D eigenvalue weighted by Crippen LogP contribution is -2.15. The van der Waals surface area contributed by atoms with Crippen molar-refractivity contribution in [1.29, 1.82) is 0 Å². The summed E-state index contributed by atoms with van der Waals surface area (Å²) in [6.07, 6.45) is 0. The van der Waals surface area contributed by atoms with Crippen molar-refractivity contribution in [2.75, 3.05) is 17.7 Å². The molecular formula is C22H22FN3O2. The lowest BCUT2D eigenvalue weighted by atomic mass is 10.1. The van der Waals surface area contributed by atoms with Crippen LogP contribution in [0.5, 0.6) is 5.88 Å². The Hall–Kier alpha value is -3.41. The number of methoxy groups -OCH3 is 1. The summed E-state index contributed by atoms with van der Waals surface area (Å²) < 4.78 is 18.5. The topological polar surface area (TPSA) is 63.2 Å². The maximum atomic E-state index is 13.4. The second-order valence-corrected chi connectivity index (χ2v) is 6.57. The summed E-state index contributed by atoms with van der Waals surface area (Å²) in [5.41, 5.74) is 4.83. The molecule has 0 atom stereocenters. The molecule has 6 heteroatoms. The van der Waals surface area contributed by atoms with Crippen molar-refractivity contribution in [2.24, 2.45) is 0 Å². The number of nitrogens with zero attached hydrogens (tertiary/aromatic N) is 1. The van der Waals surface area contributed by atoms with Crippen molar-refractivity contribution >= 4 is 23.0 Å². The standard InChI is InChI=1S/C22H22FN3O2/c1-13-5-7-20(25-18-8-6-16(23)12-14(18)2)17(11-13)22(27)26-19-9-10-21(28-4)24-15(19)3/h5-12,25H,1-4H3,(H,26,27). The molecule has 3 rings (SSSR count). The van der Waals surface area contributed by atoms with E-state index in [-0.39, 0.29) is 11.7 Å². The zero-order valence-corrected chi connectivity index (χ0v) is 16.3. The summed E-state index contributed by atoms with van der Waals surface area (Å²) in [4.78, 5) is 17.2. The molecule has 0 saturated heterocycles. The van der Waals surface area contributed by atoms with E-state index in [2.05, 4.69) is 15.6 Å². The molecule has 1 heterocycles. The van der Waals surface area contributed by atoms with E-state index in [0.29, 0.717) is 28.5 Å². The van der Waals surface area contributed by atoms with Crippen molar-refractivity contribution in [3.05, 3.63) is 76.7 Å². The summed E-state index contributed by atoms with van der Waals surface area (Å²) in [6.45, 7) is 5.53. The number of amides is 1. The van der Waals surface area contributed by atoms with Crippen LogP contribution in [-0.2, 0) is 0 Å². The third-order valence-corrected chi connectivity index (χ3v) is 4.40. The largest absolute Gasteiger partial charge is 0.481 e. The number of carbonyl (C=O) groups is 1. The predicted molar refractivity (Wildman–Crippen MR) is 109 cm³/mol. The van der Waals surface area contributed by atoms with E-state index in [1.165, 1.54) is 12.1 Å². The van der Waals surface area contributed by atoms with Gasteiger partial charge in [0.05, 0.1) is 29.7 Å². The fourth-order valence-corrected chi connectivity index (χ4v) is 2.84. The Morgan fingerprint density at radius 2 is 1.68 bits per heavy atom. The Balaban J connectivity index is 1.90. The lowest BCUT2D eigenvalue weighted by molar-refractivity contribution is 0.102. The average Bonchev–Trinajstić information content (AvgIpc) is 2.66. The molecule has 1 amide bonds. The van der Waals surface area contributed by atoms with E-state index in [1.54, 1.807) is 32.2 Å². The second-order valence-electron chi connectivity index (χ2n) is 6.57. The van der Waals surface area contributed by atoms with Gasteiger partial charge in [0, 0.05) is 11.8 Å². The highest BCUT2D eigenvalue weighted by Crippen LogP contribution is 2.26. The number of ether oxygens (including phenoxy) is 1. The predicted octanol–water partition coefficient (Wildman–Crippen LogP) is 5.15. The molecule has 3 aromatic rings. The van der Waals surface area contributed by atoms with Crippen LogP contribution < -0.4 is 15.4 Å². The molecule has 0 fully saturated rings. The number of halogens is 1. The number of carbonyl (C=O) groups excluding carboxylic acids is 1. The van der Waals surface area contributed by atoms with Crippen LogP contribution in [0.2, 0.25) is 0 Å². The van der Waals surface area contributed by atoms with Gasteiger partial charge in [0.25, 0.3) is 5.91 Å². The van der Waals surface area contributed by atoms with E-state index < -0.39 is 0 Å². The number of nitrogens with one attached hydrogen (secondary N) is 2. The molecule has 2 N–H and O–H groups in total. The van der Waals surface area contributed by atoms with Crippen LogP contribution in [0.3, 0.4) is 0 Å². The number of anilines is 3. The van der Waals surface area contributed by atoms with Gasteiger partial charge >= 0.3 is 0 Å². The highest BCUT2D eigenvalue weighted by atomic mass is 19.1. The first-order valence-electron chi connectivity index (χ1n) is 8.84. The van der Waals surface area contributed by atoms with Gasteiger partial charge in [0.1, 0.15) is 5.82 Å². The maximum Gasteiger partial charge on any atom is 0.257 e. The third kappa shape index (κ3) is 4.28. The van der Waals surface area contributed by atoms with Crippen LogP contribution in [0.25, 0.3) is 0 Å². The van der Waals surface area contributed by atoms with Crippen LogP contribution >= 0.6 is 0 Å². The van der Waals surface area contributed by atoms with Gasteiger partial charge in [-0.15, -0.1) is 0 Å². The molecule has 0 saturated carbocycles. The number of hydrogen-bond acceptors (Lipinski definition) is 4. The number of rotatable bonds is 5. The van der Waals surface area contributed by atoms with Gasteiger partial charge in [-0.2, -0.15) is 0 Å². The summed E-state index contributed by atoms with van der Waals surface area (Å²) in [7, 11) is 1.54. The van der Waals surface area contributed by atoms with Crippen molar-refractivity contribution in [2.45, 2.75) is 20.8 Å². The normalized spacial score (nSPS) is 10.5. The van der Waals surface area contributed by atoms with Gasteiger partial charge in [-0.25, -0.2) is 9.37 Å². The summed E-state index contributed by atoms with van der Waals surface area (Å²) in [5.74, 6) is -0.0753. The van der Waals surface area contributed by atoms with Crippen LogP contribution in [0.15, 0.2) is 48.5 Å². The first-order chi connectivity index (χ1) is 13.4. The Labute approximate surface area is 163 Å². The summed E-state index contributed by atoms with van der Waals surface area (Å²) in [5, 5.41) is 6.13. The Morgan fingerprint density at radius 3 is 2.36 bits per heavy atom. The second kappa shape index (κ2) is 8.08.